The van der Waals surface area contributed by atoms with Crippen LogP contribution >= 0.6 is 22.6 Å². The third kappa shape index (κ3) is 2.59. The fourth-order valence-corrected chi connectivity index (χ4v) is 2.18. The van der Waals surface area contributed by atoms with Crippen molar-refractivity contribution in [1.29, 1.82) is 0 Å². The van der Waals surface area contributed by atoms with Gasteiger partial charge in [-0.2, -0.15) is 0 Å². The van der Waals surface area contributed by atoms with Gasteiger partial charge in [0.2, 0.25) is 11.8 Å². The summed E-state index contributed by atoms with van der Waals surface area (Å²) in [7, 11) is 3.60. The predicted molar refractivity (Wildman–Crippen MR) is 62.3 cm³/mol. The van der Waals surface area contributed by atoms with Gasteiger partial charge in [0.05, 0.1) is 4.43 Å². The van der Waals surface area contributed by atoms with Crippen LogP contribution in [0.25, 0.3) is 0 Å². The number of alkyl halides is 1. The van der Waals surface area contributed by atoms with Crippen LogP contribution in [0.15, 0.2) is 0 Å². The Kier molecular flexibility index (Phi) is 4.15. The van der Waals surface area contributed by atoms with Gasteiger partial charge in [0, 0.05) is 33.1 Å². The molecule has 1 fully saturated rings. The normalized spacial score (nSPS) is 21.5. The highest BCUT2D eigenvalue weighted by Crippen LogP contribution is 2.17. The van der Waals surface area contributed by atoms with Crippen molar-refractivity contribution in [3.63, 3.8) is 0 Å². The Morgan fingerprint density at radius 1 is 1.71 bits per heavy atom. The maximum atomic E-state index is 11.3. The quantitative estimate of drug-likeness (QED) is 0.563. The molecule has 0 N–H and O–H groups in total. The molecule has 2 amide bonds. The molecular formula is C9H15IN2O2. The molecule has 1 aliphatic heterocycles. The first-order valence-electron chi connectivity index (χ1n) is 4.62. The maximum absolute atomic E-state index is 11.3. The molecule has 0 saturated carbocycles. The molecule has 1 rings (SSSR count). The Hall–Kier alpha value is -0.330. The Labute approximate surface area is 97.8 Å². The van der Waals surface area contributed by atoms with Gasteiger partial charge >= 0.3 is 0 Å². The first-order valence-corrected chi connectivity index (χ1v) is 6.14. The predicted octanol–water partition coefficient (Wildman–Crippen LogP) is 0.501. The molecule has 0 aromatic carbocycles. The molecule has 5 heteroatoms. The zero-order valence-electron chi connectivity index (χ0n) is 8.49. The zero-order valence-corrected chi connectivity index (χ0v) is 10.7. The van der Waals surface area contributed by atoms with Crippen molar-refractivity contribution in [1.82, 2.24) is 9.80 Å². The first kappa shape index (κ1) is 11.7. The number of carbonyl (C=O) groups is 2. The summed E-state index contributed by atoms with van der Waals surface area (Å²) >= 11 is 2.05. The minimum absolute atomic E-state index is 0.123. The van der Waals surface area contributed by atoms with E-state index in [9.17, 15) is 9.59 Å². The number of likely N-dealkylation sites (tertiary alicyclic amines) is 1. The Morgan fingerprint density at radius 2 is 2.36 bits per heavy atom. The van der Waals surface area contributed by atoms with Gasteiger partial charge in [-0.05, 0) is 6.42 Å². The third-order valence-electron chi connectivity index (χ3n) is 2.66. The van der Waals surface area contributed by atoms with Crippen molar-refractivity contribution in [3.8, 4) is 0 Å². The highest BCUT2D eigenvalue weighted by atomic mass is 127. The van der Waals surface area contributed by atoms with Crippen molar-refractivity contribution in [2.24, 2.45) is 0 Å². The number of likely N-dealkylation sites (N-methyl/N-ethyl adjacent to an activating group) is 2. The van der Waals surface area contributed by atoms with Crippen LogP contribution in [0.2, 0.25) is 0 Å². The molecule has 0 aromatic rings. The lowest BCUT2D eigenvalue weighted by Gasteiger charge is -2.25. The number of carbonyl (C=O) groups excluding carboxylic acids is 2. The topological polar surface area (TPSA) is 40.6 Å². The summed E-state index contributed by atoms with van der Waals surface area (Å²) in [6.45, 7) is 0.657. The number of nitrogens with zero attached hydrogens (tertiary/aromatic N) is 2. The number of rotatable bonds is 3. The van der Waals surface area contributed by atoms with Gasteiger partial charge in [-0.25, -0.2) is 0 Å². The van der Waals surface area contributed by atoms with Crippen LogP contribution in [0.3, 0.4) is 0 Å². The van der Waals surface area contributed by atoms with E-state index in [1.807, 2.05) is 7.05 Å². The fraction of sp³-hybridized carbons (Fsp3) is 0.778. The smallest absolute Gasteiger partial charge is 0.232 e. The molecule has 0 radical (unpaired) electrons. The summed E-state index contributed by atoms with van der Waals surface area (Å²) in [6, 6.07) is 0.208. The monoisotopic (exact) mass is 310 g/mol. The molecule has 1 aliphatic rings. The van der Waals surface area contributed by atoms with Crippen molar-refractivity contribution in [3.05, 3.63) is 0 Å². The van der Waals surface area contributed by atoms with Gasteiger partial charge in [-0.15, -0.1) is 0 Å². The molecular weight excluding hydrogens is 295 g/mol. The second kappa shape index (κ2) is 4.95. The van der Waals surface area contributed by atoms with E-state index in [4.69, 9.17) is 0 Å². The first-order chi connectivity index (χ1) is 6.56. The summed E-state index contributed by atoms with van der Waals surface area (Å²) in [5, 5.41) is 0. The van der Waals surface area contributed by atoms with E-state index in [0.717, 1.165) is 6.42 Å². The molecule has 14 heavy (non-hydrogen) atoms. The lowest BCUT2D eigenvalue weighted by molar-refractivity contribution is -0.131. The van der Waals surface area contributed by atoms with Crippen molar-refractivity contribution >= 4 is 34.4 Å². The molecule has 0 spiro atoms. The van der Waals surface area contributed by atoms with E-state index in [0.29, 0.717) is 17.4 Å². The fourth-order valence-electron chi connectivity index (χ4n) is 1.60. The molecule has 1 heterocycles. The van der Waals surface area contributed by atoms with Crippen LogP contribution in [-0.4, -0.2) is 52.7 Å². The standard InChI is InChI=1S/C9H15IN2O2/c1-11(9(14)5-10)6-7-3-4-8(13)12(7)2/h7H,3-6H2,1-2H3. The SMILES string of the molecule is CN(CC1CCC(=O)N1C)C(=O)CI. The van der Waals surface area contributed by atoms with E-state index < -0.39 is 0 Å². The van der Waals surface area contributed by atoms with Gasteiger partial charge in [0.25, 0.3) is 0 Å². The van der Waals surface area contributed by atoms with Gasteiger partial charge in [0.1, 0.15) is 0 Å². The molecule has 0 aromatic heterocycles. The van der Waals surface area contributed by atoms with E-state index in [1.165, 1.54) is 0 Å². The second-order valence-electron chi connectivity index (χ2n) is 3.61. The molecule has 4 nitrogen and oxygen atoms in total. The van der Waals surface area contributed by atoms with Crippen LogP contribution in [-0.2, 0) is 9.59 Å². The molecule has 0 aliphatic carbocycles. The Morgan fingerprint density at radius 3 is 2.79 bits per heavy atom. The van der Waals surface area contributed by atoms with Gasteiger partial charge in [0.15, 0.2) is 0 Å². The lowest BCUT2D eigenvalue weighted by atomic mass is 10.2. The van der Waals surface area contributed by atoms with Crippen molar-refractivity contribution < 1.29 is 9.59 Å². The van der Waals surface area contributed by atoms with Crippen LogP contribution < -0.4 is 0 Å². The molecule has 1 saturated heterocycles. The number of hydrogen-bond acceptors (Lipinski definition) is 2. The Bertz CT molecular complexity index is 245. The third-order valence-corrected chi connectivity index (χ3v) is 3.31. The molecule has 1 atom stereocenters. The van der Waals surface area contributed by atoms with Crippen LogP contribution in [0.5, 0.6) is 0 Å². The van der Waals surface area contributed by atoms with E-state index in [1.54, 1.807) is 16.8 Å². The largest absolute Gasteiger partial charge is 0.343 e. The summed E-state index contributed by atoms with van der Waals surface area (Å²) in [6.07, 6.45) is 1.49. The van der Waals surface area contributed by atoms with Gasteiger partial charge in [-0.3, -0.25) is 9.59 Å². The second-order valence-corrected chi connectivity index (χ2v) is 4.37. The Balaban J connectivity index is 2.45. The number of halogens is 1. The van der Waals surface area contributed by atoms with Crippen LogP contribution in [0, 0.1) is 0 Å². The average molecular weight is 310 g/mol. The molecule has 1 unspecified atom stereocenters. The lowest BCUT2D eigenvalue weighted by Crippen LogP contribution is -2.41. The number of hydrogen-bond donors (Lipinski definition) is 0. The molecule has 80 valence electrons. The zero-order chi connectivity index (χ0) is 10.7. The van der Waals surface area contributed by atoms with Crippen LogP contribution in [0.4, 0.5) is 0 Å². The minimum Gasteiger partial charge on any atom is -0.343 e. The van der Waals surface area contributed by atoms with Crippen molar-refractivity contribution in [2.45, 2.75) is 18.9 Å². The minimum atomic E-state index is 0.123. The van der Waals surface area contributed by atoms with Gasteiger partial charge in [-0.1, -0.05) is 22.6 Å². The summed E-state index contributed by atoms with van der Waals surface area (Å²) in [4.78, 5) is 26.0. The summed E-state index contributed by atoms with van der Waals surface area (Å²) < 4.78 is 0.499. The van der Waals surface area contributed by atoms with Crippen molar-refractivity contribution in [2.75, 3.05) is 25.1 Å². The average Bonchev–Trinajstić information content (AvgIpc) is 2.48. The highest BCUT2D eigenvalue weighted by molar-refractivity contribution is 14.1. The number of amides is 2. The summed E-state index contributed by atoms with van der Waals surface area (Å²) in [5.41, 5.74) is 0. The van der Waals surface area contributed by atoms with E-state index in [2.05, 4.69) is 22.6 Å². The highest BCUT2D eigenvalue weighted by Gasteiger charge is 2.28. The van der Waals surface area contributed by atoms with Gasteiger partial charge < -0.3 is 9.80 Å². The van der Waals surface area contributed by atoms with E-state index >= 15 is 0 Å². The van der Waals surface area contributed by atoms with E-state index in [-0.39, 0.29) is 17.9 Å². The maximum Gasteiger partial charge on any atom is 0.232 e. The summed E-state index contributed by atoms with van der Waals surface area (Å²) in [5.74, 6) is 0.309. The molecule has 0 bridgehead atoms. The van der Waals surface area contributed by atoms with Crippen LogP contribution in [0.1, 0.15) is 12.8 Å².